The number of methoxy groups -OCH3 is 1. The van der Waals surface area contributed by atoms with Gasteiger partial charge in [-0.15, -0.1) is 0 Å². The van der Waals surface area contributed by atoms with Crippen LogP contribution < -0.4 is 14.8 Å². The van der Waals surface area contributed by atoms with E-state index in [0.717, 1.165) is 23.7 Å². The van der Waals surface area contributed by atoms with Gasteiger partial charge in [-0.3, -0.25) is 4.79 Å². The van der Waals surface area contributed by atoms with E-state index < -0.39 is 0 Å². The standard InChI is InChI=1S/C17H18N2O3S/c1-21-14-4-2-13(3-5-14)19-17(20)12-6-8-18-16(10-12)22-15-7-9-23-11-15/h2-6,8,10,15H,7,9,11H2,1H3,(H,19,20)/t15-/m1/s1. The highest BCUT2D eigenvalue weighted by atomic mass is 32.2. The number of nitrogens with zero attached hydrogens (tertiary/aromatic N) is 1. The van der Waals surface area contributed by atoms with E-state index in [9.17, 15) is 4.79 Å². The van der Waals surface area contributed by atoms with Crippen molar-refractivity contribution in [3.05, 3.63) is 48.2 Å². The third kappa shape index (κ3) is 4.16. The molecule has 1 fully saturated rings. The van der Waals surface area contributed by atoms with Gasteiger partial charge in [0.2, 0.25) is 5.88 Å². The van der Waals surface area contributed by atoms with Crippen LogP contribution in [0.25, 0.3) is 0 Å². The van der Waals surface area contributed by atoms with Crippen LogP contribution in [0.3, 0.4) is 0 Å². The molecule has 3 rings (SSSR count). The Morgan fingerprint density at radius 3 is 2.83 bits per heavy atom. The van der Waals surface area contributed by atoms with Gasteiger partial charge in [0.1, 0.15) is 11.9 Å². The van der Waals surface area contributed by atoms with Crippen LogP contribution in [0.5, 0.6) is 11.6 Å². The number of pyridine rings is 1. The molecule has 120 valence electrons. The summed E-state index contributed by atoms with van der Waals surface area (Å²) in [6, 6.07) is 10.6. The quantitative estimate of drug-likeness (QED) is 0.912. The Balaban J connectivity index is 1.66. The van der Waals surface area contributed by atoms with Crippen molar-refractivity contribution in [2.75, 3.05) is 23.9 Å². The first-order valence-electron chi connectivity index (χ1n) is 7.40. The van der Waals surface area contributed by atoms with Crippen molar-refractivity contribution < 1.29 is 14.3 Å². The Kier molecular flexibility index (Phi) is 5.02. The van der Waals surface area contributed by atoms with Crippen molar-refractivity contribution in [2.24, 2.45) is 0 Å². The molecular formula is C17H18N2O3S. The van der Waals surface area contributed by atoms with E-state index in [1.165, 1.54) is 0 Å². The fourth-order valence-corrected chi connectivity index (χ4v) is 3.36. The monoisotopic (exact) mass is 330 g/mol. The second kappa shape index (κ2) is 7.37. The molecule has 2 heterocycles. The van der Waals surface area contributed by atoms with Gasteiger partial charge in [-0.1, -0.05) is 0 Å². The van der Waals surface area contributed by atoms with Gasteiger partial charge in [0.05, 0.1) is 7.11 Å². The summed E-state index contributed by atoms with van der Waals surface area (Å²) in [7, 11) is 1.61. The Labute approximate surface area is 139 Å². The molecule has 1 saturated heterocycles. The molecule has 1 aromatic carbocycles. The summed E-state index contributed by atoms with van der Waals surface area (Å²) in [6.45, 7) is 0. The van der Waals surface area contributed by atoms with Crippen molar-refractivity contribution >= 4 is 23.4 Å². The Morgan fingerprint density at radius 1 is 1.30 bits per heavy atom. The molecule has 1 aliphatic rings. The maximum absolute atomic E-state index is 12.3. The summed E-state index contributed by atoms with van der Waals surface area (Å²) >= 11 is 1.87. The highest BCUT2D eigenvalue weighted by Crippen LogP contribution is 2.22. The molecular weight excluding hydrogens is 312 g/mol. The lowest BCUT2D eigenvalue weighted by molar-refractivity contribution is 0.102. The van der Waals surface area contributed by atoms with Crippen LogP contribution in [0, 0.1) is 0 Å². The van der Waals surface area contributed by atoms with Gasteiger partial charge in [0.15, 0.2) is 0 Å². The number of thioether (sulfide) groups is 1. The molecule has 0 saturated carbocycles. The van der Waals surface area contributed by atoms with Crippen LogP contribution in [0.4, 0.5) is 5.69 Å². The first-order valence-corrected chi connectivity index (χ1v) is 8.56. The highest BCUT2D eigenvalue weighted by molar-refractivity contribution is 7.99. The minimum atomic E-state index is -0.191. The molecule has 23 heavy (non-hydrogen) atoms. The Hall–Kier alpha value is -2.21. The topological polar surface area (TPSA) is 60.5 Å². The van der Waals surface area contributed by atoms with Gasteiger partial charge < -0.3 is 14.8 Å². The van der Waals surface area contributed by atoms with Crippen LogP contribution in [0.1, 0.15) is 16.8 Å². The van der Waals surface area contributed by atoms with E-state index >= 15 is 0 Å². The van der Waals surface area contributed by atoms with E-state index in [1.807, 2.05) is 11.8 Å². The number of amides is 1. The molecule has 0 aliphatic carbocycles. The van der Waals surface area contributed by atoms with Crippen LogP contribution >= 0.6 is 11.8 Å². The zero-order valence-electron chi connectivity index (χ0n) is 12.8. The van der Waals surface area contributed by atoms with Crippen LogP contribution in [-0.4, -0.2) is 35.6 Å². The van der Waals surface area contributed by atoms with Gasteiger partial charge in [-0.2, -0.15) is 11.8 Å². The third-order valence-electron chi connectivity index (χ3n) is 3.52. The second-order valence-corrected chi connectivity index (χ2v) is 6.32. The van der Waals surface area contributed by atoms with Crippen LogP contribution in [-0.2, 0) is 0 Å². The number of benzene rings is 1. The summed E-state index contributed by atoms with van der Waals surface area (Å²) in [5, 5.41) is 2.85. The summed E-state index contributed by atoms with van der Waals surface area (Å²) in [5.74, 6) is 3.15. The predicted molar refractivity (Wildman–Crippen MR) is 91.5 cm³/mol. The van der Waals surface area contributed by atoms with E-state index in [1.54, 1.807) is 49.7 Å². The summed E-state index contributed by atoms with van der Waals surface area (Å²) in [6.07, 6.45) is 2.81. The molecule has 0 radical (unpaired) electrons. The van der Waals surface area contributed by atoms with Crippen molar-refractivity contribution in [1.29, 1.82) is 0 Å². The maximum Gasteiger partial charge on any atom is 0.255 e. The number of hydrogen-bond donors (Lipinski definition) is 1. The molecule has 1 atom stereocenters. The smallest absolute Gasteiger partial charge is 0.255 e. The largest absolute Gasteiger partial charge is 0.497 e. The van der Waals surface area contributed by atoms with Crippen molar-refractivity contribution in [1.82, 2.24) is 4.98 Å². The van der Waals surface area contributed by atoms with E-state index in [2.05, 4.69) is 10.3 Å². The molecule has 5 nitrogen and oxygen atoms in total. The number of anilines is 1. The zero-order valence-corrected chi connectivity index (χ0v) is 13.6. The first kappa shape index (κ1) is 15.7. The van der Waals surface area contributed by atoms with Crippen molar-refractivity contribution in [2.45, 2.75) is 12.5 Å². The van der Waals surface area contributed by atoms with E-state index in [0.29, 0.717) is 17.1 Å². The van der Waals surface area contributed by atoms with Gasteiger partial charge in [0, 0.05) is 29.3 Å². The summed E-state index contributed by atoms with van der Waals surface area (Å²) < 4.78 is 10.9. The van der Waals surface area contributed by atoms with Crippen molar-refractivity contribution in [3.8, 4) is 11.6 Å². The first-order chi connectivity index (χ1) is 11.2. The molecule has 1 amide bonds. The second-order valence-electron chi connectivity index (χ2n) is 5.17. The Bertz CT molecular complexity index is 670. The number of carbonyl (C=O) groups excluding carboxylic acids is 1. The third-order valence-corrected chi connectivity index (χ3v) is 4.65. The minimum Gasteiger partial charge on any atom is -0.497 e. The summed E-state index contributed by atoms with van der Waals surface area (Å²) in [4.78, 5) is 16.5. The average molecular weight is 330 g/mol. The number of rotatable bonds is 5. The van der Waals surface area contributed by atoms with Gasteiger partial charge in [-0.05, 0) is 42.5 Å². The number of aromatic nitrogens is 1. The molecule has 0 bridgehead atoms. The fourth-order valence-electron chi connectivity index (χ4n) is 2.27. The van der Waals surface area contributed by atoms with Gasteiger partial charge in [0.25, 0.3) is 5.91 Å². The normalized spacial score (nSPS) is 16.8. The number of hydrogen-bond acceptors (Lipinski definition) is 5. The minimum absolute atomic E-state index is 0.187. The van der Waals surface area contributed by atoms with Crippen LogP contribution in [0.15, 0.2) is 42.6 Å². The summed E-state index contributed by atoms with van der Waals surface area (Å²) in [5.41, 5.74) is 1.23. The fraction of sp³-hybridized carbons (Fsp3) is 0.294. The van der Waals surface area contributed by atoms with Gasteiger partial charge in [-0.25, -0.2) is 4.98 Å². The molecule has 1 aliphatic heterocycles. The SMILES string of the molecule is COc1ccc(NC(=O)c2ccnc(O[C@@H]3CCSC3)c2)cc1. The zero-order chi connectivity index (χ0) is 16.1. The lowest BCUT2D eigenvalue weighted by Crippen LogP contribution is -2.17. The molecule has 6 heteroatoms. The number of ether oxygens (including phenoxy) is 2. The highest BCUT2D eigenvalue weighted by Gasteiger charge is 2.18. The lowest BCUT2D eigenvalue weighted by Gasteiger charge is -2.12. The molecule has 0 unspecified atom stereocenters. The molecule has 2 aromatic rings. The maximum atomic E-state index is 12.3. The van der Waals surface area contributed by atoms with Gasteiger partial charge >= 0.3 is 0 Å². The predicted octanol–water partition coefficient (Wildman–Crippen LogP) is 3.23. The van der Waals surface area contributed by atoms with Crippen molar-refractivity contribution in [3.63, 3.8) is 0 Å². The molecule has 0 spiro atoms. The number of carbonyl (C=O) groups is 1. The number of nitrogens with one attached hydrogen (secondary N) is 1. The van der Waals surface area contributed by atoms with E-state index in [-0.39, 0.29) is 12.0 Å². The van der Waals surface area contributed by atoms with Crippen LogP contribution in [0.2, 0.25) is 0 Å². The molecule has 1 N–H and O–H groups in total. The molecule has 1 aromatic heterocycles. The average Bonchev–Trinajstić information content (AvgIpc) is 3.09. The Morgan fingerprint density at radius 2 is 2.13 bits per heavy atom. The lowest BCUT2D eigenvalue weighted by atomic mass is 10.2. The van der Waals surface area contributed by atoms with E-state index in [4.69, 9.17) is 9.47 Å².